The standard InChI is InChI=1S/C19H28N6O2S2/c1-10-14(12-9-28-16(22-12)19(2,3)4)29-17(21-10)23-18(27)25-8-11(24(5)6)7-13(25)15(20)26/h9,11,13H,7-8H2,1-6H3,(H2,20,26)(H,21,23,27)/t11-,13-/m0/s1. The first-order chi connectivity index (χ1) is 13.5. The van der Waals surface area contributed by atoms with E-state index in [4.69, 9.17) is 10.7 Å². The largest absolute Gasteiger partial charge is 0.368 e. The maximum Gasteiger partial charge on any atom is 0.324 e. The van der Waals surface area contributed by atoms with Gasteiger partial charge in [-0.2, -0.15) is 0 Å². The maximum absolute atomic E-state index is 12.8. The second-order valence-electron chi connectivity index (χ2n) is 8.58. The summed E-state index contributed by atoms with van der Waals surface area (Å²) in [5.41, 5.74) is 7.20. The molecule has 1 saturated heterocycles. The van der Waals surface area contributed by atoms with Gasteiger partial charge in [-0.1, -0.05) is 32.1 Å². The molecule has 0 bridgehead atoms. The minimum atomic E-state index is -0.615. The molecule has 8 nitrogen and oxygen atoms in total. The van der Waals surface area contributed by atoms with Gasteiger partial charge in [-0.3, -0.25) is 10.1 Å². The van der Waals surface area contributed by atoms with E-state index in [0.717, 1.165) is 21.3 Å². The third-order valence-electron chi connectivity index (χ3n) is 4.99. The lowest BCUT2D eigenvalue weighted by atomic mass is 9.98. The van der Waals surface area contributed by atoms with E-state index in [1.54, 1.807) is 11.3 Å². The third kappa shape index (κ3) is 4.59. The van der Waals surface area contributed by atoms with Gasteiger partial charge in [0, 0.05) is 23.4 Å². The molecule has 1 aliphatic heterocycles. The summed E-state index contributed by atoms with van der Waals surface area (Å²) >= 11 is 3.01. The number of likely N-dealkylation sites (N-methyl/N-ethyl adjacent to an activating group) is 1. The minimum Gasteiger partial charge on any atom is -0.368 e. The van der Waals surface area contributed by atoms with Crippen molar-refractivity contribution in [3.05, 3.63) is 16.1 Å². The molecule has 2 aromatic rings. The normalized spacial score (nSPS) is 19.8. The van der Waals surface area contributed by atoms with E-state index < -0.39 is 11.9 Å². The number of nitrogens with two attached hydrogens (primary N) is 1. The van der Waals surface area contributed by atoms with Crippen LogP contribution in [0.25, 0.3) is 10.6 Å². The first-order valence-electron chi connectivity index (χ1n) is 9.44. The van der Waals surface area contributed by atoms with E-state index in [2.05, 4.69) is 31.1 Å². The second-order valence-corrected chi connectivity index (χ2v) is 10.4. The van der Waals surface area contributed by atoms with Gasteiger partial charge in [-0.25, -0.2) is 14.8 Å². The predicted octanol–water partition coefficient (Wildman–Crippen LogP) is 2.89. The van der Waals surface area contributed by atoms with Crippen molar-refractivity contribution >= 4 is 39.7 Å². The Balaban J connectivity index is 1.77. The van der Waals surface area contributed by atoms with Crippen LogP contribution in [0.3, 0.4) is 0 Å². The summed E-state index contributed by atoms with van der Waals surface area (Å²) in [4.78, 5) is 38.3. The zero-order valence-electron chi connectivity index (χ0n) is 17.6. The van der Waals surface area contributed by atoms with Crippen LogP contribution in [-0.2, 0) is 10.2 Å². The van der Waals surface area contributed by atoms with Crippen molar-refractivity contribution in [1.29, 1.82) is 0 Å². The molecule has 0 saturated carbocycles. The molecule has 2 atom stereocenters. The molecule has 0 radical (unpaired) electrons. The van der Waals surface area contributed by atoms with E-state index in [0.29, 0.717) is 18.1 Å². The molecule has 0 aliphatic carbocycles. The van der Waals surface area contributed by atoms with Gasteiger partial charge in [0.05, 0.1) is 21.3 Å². The molecular formula is C19H28N6O2S2. The van der Waals surface area contributed by atoms with Crippen molar-refractivity contribution < 1.29 is 9.59 Å². The summed E-state index contributed by atoms with van der Waals surface area (Å²) in [6.07, 6.45) is 0.534. The topological polar surface area (TPSA) is 104 Å². The van der Waals surface area contributed by atoms with Gasteiger partial charge in [0.1, 0.15) is 6.04 Å². The van der Waals surface area contributed by atoms with Crippen LogP contribution in [0.2, 0.25) is 0 Å². The minimum absolute atomic E-state index is 0.0128. The Morgan fingerprint density at radius 2 is 2.00 bits per heavy atom. The van der Waals surface area contributed by atoms with E-state index in [-0.39, 0.29) is 17.5 Å². The average molecular weight is 437 g/mol. The number of aryl methyl sites for hydroxylation is 1. The van der Waals surface area contributed by atoms with Crippen molar-refractivity contribution in [2.45, 2.75) is 51.6 Å². The van der Waals surface area contributed by atoms with E-state index in [9.17, 15) is 9.59 Å². The maximum atomic E-state index is 12.8. The van der Waals surface area contributed by atoms with E-state index in [1.165, 1.54) is 16.2 Å². The number of primary amides is 1. The molecule has 3 heterocycles. The lowest BCUT2D eigenvalue weighted by molar-refractivity contribution is -0.121. The monoisotopic (exact) mass is 436 g/mol. The van der Waals surface area contributed by atoms with Crippen molar-refractivity contribution in [1.82, 2.24) is 19.8 Å². The van der Waals surface area contributed by atoms with Crippen LogP contribution < -0.4 is 11.1 Å². The molecule has 3 amide bonds. The number of carbonyl (C=O) groups is 2. The molecule has 1 fully saturated rings. The molecule has 1 aliphatic rings. The van der Waals surface area contributed by atoms with Crippen molar-refractivity contribution in [2.75, 3.05) is 26.0 Å². The van der Waals surface area contributed by atoms with Crippen LogP contribution >= 0.6 is 22.7 Å². The van der Waals surface area contributed by atoms with Gasteiger partial charge >= 0.3 is 6.03 Å². The summed E-state index contributed by atoms with van der Waals surface area (Å²) in [5, 5.41) is 6.41. The van der Waals surface area contributed by atoms with E-state index in [1.807, 2.05) is 31.3 Å². The average Bonchev–Trinajstić information content (AvgIpc) is 3.31. The van der Waals surface area contributed by atoms with E-state index >= 15 is 0 Å². The highest BCUT2D eigenvalue weighted by molar-refractivity contribution is 7.19. The highest BCUT2D eigenvalue weighted by Crippen LogP contribution is 2.36. The Bertz CT molecular complexity index is 914. The number of hydrogen-bond acceptors (Lipinski definition) is 7. The van der Waals surface area contributed by atoms with Gasteiger partial charge in [0.25, 0.3) is 0 Å². The van der Waals surface area contributed by atoms with Crippen molar-refractivity contribution in [3.8, 4) is 10.6 Å². The van der Waals surface area contributed by atoms with Gasteiger partial charge < -0.3 is 15.5 Å². The van der Waals surface area contributed by atoms with Crippen LogP contribution in [-0.4, -0.2) is 64.4 Å². The molecule has 158 valence electrons. The number of anilines is 1. The lowest BCUT2D eigenvalue weighted by Gasteiger charge is -2.22. The quantitative estimate of drug-likeness (QED) is 0.767. The Labute approximate surface area is 179 Å². The number of carbonyl (C=O) groups excluding carboxylic acids is 2. The summed E-state index contributed by atoms with van der Waals surface area (Å²) < 4.78 is 0. The number of rotatable bonds is 4. The Hall–Kier alpha value is -2.04. The number of urea groups is 1. The van der Waals surface area contributed by atoms with Crippen molar-refractivity contribution in [3.63, 3.8) is 0 Å². The number of hydrogen-bond donors (Lipinski definition) is 2. The molecule has 0 spiro atoms. The molecule has 3 rings (SSSR count). The zero-order valence-corrected chi connectivity index (χ0v) is 19.3. The highest BCUT2D eigenvalue weighted by Gasteiger charge is 2.39. The number of amides is 3. The summed E-state index contributed by atoms with van der Waals surface area (Å²) in [5.74, 6) is -0.488. The lowest BCUT2D eigenvalue weighted by Crippen LogP contribution is -2.45. The number of nitrogens with one attached hydrogen (secondary N) is 1. The molecule has 2 aromatic heterocycles. The molecule has 29 heavy (non-hydrogen) atoms. The number of likely N-dealkylation sites (tertiary alicyclic amines) is 1. The number of nitrogens with zero attached hydrogens (tertiary/aromatic N) is 4. The van der Waals surface area contributed by atoms with Gasteiger partial charge in [0.2, 0.25) is 5.91 Å². The van der Waals surface area contributed by atoms with Gasteiger partial charge in [0.15, 0.2) is 5.13 Å². The van der Waals surface area contributed by atoms with Gasteiger partial charge in [-0.15, -0.1) is 11.3 Å². The van der Waals surface area contributed by atoms with Crippen LogP contribution in [0.15, 0.2) is 5.38 Å². The smallest absolute Gasteiger partial charge is 0.324 e. The van der Waals surface area contributed by atoms with Crippen LogP contribution in [0.4, 0.5) is 9.93 Å². The third-order valence-corrected chi connectivity index (χ3v) is 7.35. The summed E-state index contributed by atoms with van der Waals surface area (Å²) in [6.45, 7) is 8.75. The molecular weight excluding hydrogens is 408 g/mol. The van der Waals surface area contributed by atoms with Crippen LogP contribution in [0.5, 0.6) is 0 Å². The SMILES string of the molecule is Cc1nc(NC(=O)N2C[C@@H](N(C)C)C[C@H]2C(N)=O)sc1-c1csc(C(C)(C)C)n1. The molecule has 10 heteroatoms. The summed E-state index contributed by atoms with van der Waals surface area (Å²) in [7, 11) is 3.86. The Morgan fingerprint density at radius 3 is 2.55 bits per heavy atom. The second kappa shape index (κ2) is 8.00. The number of thiazole rings is 2. The van der Waals surface area contributed by atoms with Crippen LogP contribution in [0.1, 0.15) is 37.9 Å². The van der Waals surface area contributed by atoms with Crippen LogP contribution in [0, 0.1) is 6.92 Å². The van der Waals surface area contributed by atoms with Crippen molar-refractivity contribution in [2.24, 2.45) is 5.73 Å². The molecule has 0 aromatic carbocycles. The first-order valence-corrected chi connectivity index (χ1v) is 11.1. The Kier molecular flexibility index (Phi) is 5.98. The Morgan fingerprint density at radius 1 is 1.31 bits per heavy atom. The molecule has 0 unspecified atom stereocenters. The zero-order chi connectivity index (χ0) is 21.5. The number of aromatic nitrogens is 2. The fourth-order valence-corrected chi connectivity index (χ4v) is 5.15. The summed E-state index contributed by atoms with van der Waals surface area (Å²) in [6, 6.07) is -0.874. The highest BCUT2D eigenvalue weighted by atomic mass is 32.1. The fourth-order valence-electron chi connectivity index (χ4n) is 3.26. The van der Waals surface area contributed by atoms with Gasteiger partial charge in [-0.05, 0) is 27.4 Å². The fraction of sp³-hybridized carbons (Fsp3) is 0.579. The molecule has 3 N–H and O–H groups in total. The first kappa shape index (κ1) is 21.7. The predicted molar refractivity (Wildman–Crippen MR) is 117 cm³/mol.